The monoisotopic (exact) mass is 231 g/mol. The Morgan fingerprint density at radius 2 is 1.88 bits per heavy atom. The van der Waals surface area contributed by atoms with Crippen LogP contribution in [0.1, 0.15) is 51.3 Å². The minimum atomic E-state index is 0.470. The summed E-state index contributed by atoms with van der Waals surface area (Å²) in [5.41, 5.74) is 3.41. The van der Waals surface area contributed by atoms with Crippen LogP contribution in [0.3, 0.4) is 0 Å². The summed E-state index contributed by atoms with van der Waals surface area (Å²) >= 11 is 0. The summed E-state index contributed by atoms with van der Waals surface area (Å²) in [6, 6.07) is 9.48. The molecule has 0 aliphatic heterocycles. The van der Waals surface area contributed by atoms with Crippen molar-refractivity contribution >= 4 is 0 Å². The van der Waals surface area contributed by atoms with Gasteiger partial charge in [0.1, 0.15) is 0 Å². The Kier molecular flexibility index (Phi) is 3.58. The van der Waals surface area contributed by atoms with E-state index in [9.17, 15) is 0 Å². The van der Waals surface area contributed by atoms with Gasteiger partial charge in [0.15, 0.2) is 0 Å². The maximum absolute atomic E-state index is 3.65. The second kappa shape index (κ2) is 4.81. The average molecular weight is 231 g/mol. The fourth-order valence-electron chi connectivity index (χ4n) is 2.40. The molecule has 1 N–H and O–H groups in total. The third-order valence-corrected chi connectivity index (χ3v) is 4.28. The minimum Gasteiger partial charge on any atom is -0.310 e. The van der Waals surface area contributed by atoms with Crippen molar-refractivity contribution in [2.24, 2.45) is 11.3 Å². The van der Waals surface area contributed by atoms with Gasteiger partial charge < -0.3 is 5.32 Å². The lowest BCUT2D eigenvalue weighted by Crippen LogP contribution is -2.22. The highest BCUT2D eigenvalue weighted by atomic mass is 14.9. The molecule has 0 amide bonds. The lowest BCUT2D eigenvalue weighted by molar-refractivity contribution is 0.485. The minimum absolute atomic E-state index is 0.470. The van der Waals surface area contributed by atoms with Gasteiger partial charge in [-0.15, -0.1) is 0 Å². The standard InChI is InChI=1S/C16H25N/c1-5-13-6-8-14(9-7-13)12(2)17-11-15-10-16(15,3)4/h6-9,12,15,17H,5,10-11H2,1-4H3. The molecule has 1 nitrogen and oxygen atoms in total. The zero-order chi connectivity index (χ0) is 12.5. The zero-order valence-corrected chi connectivity index (χ0v) is 11.6. The van der Waals surface area contributed by atoms with Crippen molar-refractivity contribution in [1.29, 1.82) is 0 Å². The predicted molar refractivity (Wildman–Crippen MR) is 74.1 cm³/mol. The van der Waals surface area contributed by atoms with E-state index in [1.807, 2.05) is 0 Å². The summed E-state index contributed by atoms with van der Waals surface area (Å²) in [5.74, 6) is 0.875. The lowest BCUT2D eigenvalue weighted by Gasteiger charge is -2.15. The topological polar surface area (TPSA) is 12.0 Å². The van der Waals surface area contributed by atoms with E-state index in [0.29, 0.717) is 11.5 Å². The molecule has 1 aliphatic carbocycles. The first-order valence-corrected chi connectivity index (χ1v) is 6.85. The zero-order valence-electron chi connectivity index (χ0n) is 11.6. The second-order valence-electron chi connectivity index (χ2n) is 6.11. The van der Waals surface area contributed by atoms with Crippen LogP contribution in [0, 0.1) is 11.3 Å². The Hall–Kier alpha value is -0.820. The van der Waals surface area contributed by atoms with E-state index in [1.54, 1.807) is 0 Å². The Labute approximate surface area is 106 Å². The van der Waals surface area contributed by atoms with E-state index < -0.39 is 0 Å². The number of benzene rings is 1. The maximum Gasteiger partial charge on any atom is 0.0291 e. The molecule has 2 atom stereocenters. The van der Waals surface area contributed by atoms with Crippen LogP contribution in [0.2, 0.25) is 0 Å². The van der Waals surface area contributed by atoms with E-state index in [2.05, 4.69) is 57.3 Å². The van der Waals surface area contributed by atoms with Gasteiger partial charge in [0.2, 0.25) is 0 Å². The number of rotatable bonds is 5. The van der Waals surface area contributed by atoms with Gasteiger partial charge >= 0.3 is 0 Å². The third-order valence-electron chi connectivity index (χ3n) is 4.28. The van der Waals surface area contributed by atoms with E-state index in [1.165, 1.54) is 17.5 Å². The highest BCUT2D eigenvalue weighted by Crippen LogP contribution is 2.51. The average Bonchev–Trinajstić information content (AvgIpc) is 2.94. The fourth-order valence-corrected chi connectivity index (χ4v) is 2.40. The molecular formula is C16H25N. The van der Waals surface area contributed by atoms with Gasteiger partial charge in [-0.05, 0) is 48.8 Å². The third kappa shape index (κ3) is 3.10. The van der Waals surface area contributed by atoms with Gasteiger partial charge in [0, 0.05) is 6.04 Å². The molecule has 1 aromatic rings. The van der Waals surface area contributed by atoms with Crippen molar-refractivity contribution < 1.29 is 0 Å². The van der Waals surface area contributed by atoms with Crippen LogP contribution >= 0.6 is 0 Å². The molecular weight excluding hydrogens is 206 g/mol. The van der Waals surface area contributed by atoms with Crippen molar-refractivity contribution in [2.45, 2.75) is 46.6 Å². The van der Waals surface area contributed by atoms with Crippen molar-refractivity contribution in [1.82, 2.24) is 5.32 Å². The highest BCUT2D eigenvalue weighted by molar-refractivity contribution is 5.24. The van der Waals surface area contributed by atoms with Gasteiger partial charge in [-0.1, -0.05) is 45.0 Å². The van der Waals surface area contributed by atoms with E-state index in [0.717, 1.165) is 18.9 Å². The largest absolute Gasteiger partial charge is 0.310 e. The quantitative estimate of drug-likeness (QED) is 0.809. The number of nitrogens with one attached hydrogen (secondary N) is 1. The van der Waals surface area contributed by atoms with Crippen molar-refractivity contribution in [3.8, 4) is 0 Å². The molecule has 2 rings (SSSR count). The Morgan fingerprint density at radius 1 is 1.29 bits per heavy atom. The van der Waals surface area contributed by atoms with E-state index in [-0.39, 0.29) is 0 Å². The summed E-state index contributed by atoms with van der Waals surface area (Å²) in [6.45, 7) is 10.3. The molecule has 0 bridgehead atoms. The molecule has 0 spiro atoms. The first-order chi connectivity index (χ1) is 8.03. The van der Waals surface area contributed by atoms with Crippen LogP contribution < -0.4 is 5.32 Å². The van der Waals surface area contributed by atoms with Crippen LogP contribution in [0.25, 0.3) is 0 Å². The Balaban J connectivity index is 1.84. The van der Waals surface area contributed by atoms with Gasteiger partial charge in [0.25, 0.3) is 0 Å². The number of aryl methyl sites for hydroxylation is 1. The molecule has 0 radical (unpaired) electrons. The van der Waals surface area contributed by atoms with Crippen LogP contribution in [-0.2, 0) is 6.42 Å². The molecule has 1 heteroatoms. The van der Waals surface area contributed by atoms with Crippen LogP contribution in [0.15, 0.2) is 24.3 Å². The molecule has 17 heavy (non-hydrogen) atoms. The summed E-state index contributed by atoms with van der Waals surface area (Å²) in [4.78, 5) is 0. The molecule has 0 aromatic heterocycles. The van der Waals surface area contributed by atoms with Gasteiger partial charge in [0.05, 0.1) is 0 Å². The molecule has 2 unspecified atom stereocenters. The molecule has 1 aromatic carbocycles. The normalized spacial score (nSPS) is 23.4. The summed E-state index contributed by atoms with van der Waals surface area (Å²) in [5, 5.41) is 3.65. The lowest BCUT2D eigenvalue weighted by atomic mass is 10.0. The molecule has 94 valence electrons. The Bertz CT molecular complexity index is 364. The maximum atomic E-state index is 3.65. The fraction of sp³-hybridized carbons (Fsp3) is 0.625. The SMILES string of the molecule is CCc1ccc(C(C)NCC2CC2(C)C)cc1. The first kappa shape index (κ1) is 12.6. The Morgan fingerprint density at radius 3 is 2.35 bits per heavy atom. The van der Waals surface area contributed by atoms with E-state index in [4.69, 9.17) is 0 Å². The van der Waals surface area contributed by atoms with Crippen LogP contribution in [0.5, 0.6) is 0 Å². The predicted octanol–water partition coefficient (Wildman–Crippen LogP) is 3.95. The van der Waals surface area contributed by atoms with E-state index >= 15 is 0 Å². The highest BCUT2D eigenvalue weighted by Gasteiger charge is 2.44. The molecule has 1 saturated carbocycles. The molecule has 1 aliphatic rings. The van der Waals surface area contributed by atoms with Crippen LogP contribution in [0.4, 0.5) is 0 Å². The summed E-state index contributed by atoms with van der Waals surface area (Å²) in [6.07, 6.45) is 2.50. The van der Waals surface area contributed by atoms with Crippen molar-refractivity contribution in [3.05, 3.63) is 35.4 Å². The van der Waals surface area contributed by atoms with Gasteiger partial charge in [-0.3, -0.25) is 0 Å². The van der Waals surface area contributed by atoms with Crippen molar-refractivity contribution in [2.75, 3.05) is 6.54 Å². The smallest absolute Gasteiger partial charge is 0.0291 e. The molecule has 0 heterocycles. The summed E-state index contributed by atoms with van der Waals surface area (Å²) in [7, 11) is 0. The first-order valence-electron chi connectivity index (χ1n) is 6.85. The summed E-state index contributed by atoms with van der Waals surface area (Å²) < 4.78 is 0. The molecule has 1 fully saturated rings. The number of hydrogen-bond acceptors (Lipinski definition) is 1. The van der Waals surface area contributed by atoms with Crippen molar-refractivity contribution in [3.63, 3.8) is 0 Å². The second-order valence-corrected chi connectivity index (χ2v) is 6.11. The van der Waals surface area contributed by atoms with Gasteiger partial charge in [-0.25, -0.2) is 0 Å². The van der Waals surface area contributed by atoms with Gasteiger partial charge in [-0.2, -0.15) is 0 Å². The molecule has 0 saturated heterocycles. The van der Waals surface area contributed by atoms with Crippen LogP contribution in [-0.4, -0.2) is 6.54 Å². The number of hydrogen-bond donors (Lipinski definition) is 1.